The number of fused-ring (bicyclic) bond motifs is 1. The van der Waals surface area contributed by atoms with Crippen LogP contribution in [0.1, 0.15) is 43.5 Å². The molecule has 210 valence electrons. The quantitative estimate of drug-likeness (QED) is 0.226. The molecule has 0 unspecified atom stereocenters. The molecule has 0 saturated heterocycles. The average molecular weight is 634 g/mol. The van der Waals surface area contributed by atoms with Gasteiger partial charge in [0.25, 0.3) is 5.56 Å². The van der Waals surface area contributed by atoms with E-state index in [9.17, 15) is 9.59 Å². The lowest BCUT2D eigenvalue weighted by Crippen LogP contribution is -2.39. The number of ether oxygens (including phenoxy) is 3. The summed E-state index contributed by atoms with van der Waals surface area (Å²) >= 11 is 4.89. The summed E-state index contributed by atoms with van der Waals surface area (Å²) < 4.78 is 19.8. The number of aromatic nitrogens is 1. The van der Waals surface area contributed by atoms with Crippen LogP contribution in [0.25, 0.3) is 6.08 Å². The Morgan fingerprint density at radius 1 is 1.02 bits per heavy atom. The second kappa shape index (κ2) is 12.7. The maximum Gasteiger partial charge on any atom is 0.338 e. The molecule has 1 aromatic heterocycles. The summed E-state index contributed by atoms with van der Waals surface area (Å²) in [4.78, 5) is 32.1. The molecule has 9 heteroatoms. The van der Waals surface area contributed by atoms with E-state index in [4.69, 9.17) is 14.2 Å². The number of halogens is 1. The molecule has 0 N–H and O–H groups in total. The van der Waals surface area contributed by atoms with Gasteiger partial charge in [0.1, 0.15) is 18.1 Å². The van der Waals surface area contributed by atoms with Crippen LogP contribution >= 0.6 is 27.3 Å². The SMILES string of the molecule is CCOC(=O)C1=C(C)N=c2s/c(=C\c3ccc(OCc4ccccc4)c(Br)c3)c(=O)n2[C@H]1c1ccc(OCC)cc1. The fraction of sp³-hybridized carbons (Fsp3) is 0.219. The second-order valence-electron chi connectivity index (χ2n) is 9.27. The summed E-state index contributed by atoms with van der Waals surface area (Å²) in [5, 5.41) is 0. The number of carbonyl (C=O) groups excluding carboxylic acids is 1. The van der Waals surface area contributed by atoms with E-state index in [1.54, 1.807) is 18.4 Å². The molecule has 5 rings (SSSR count). The van der Waals surface area contributed by atoms with E-state index in [1.807, 2.05) is 85.8 Å². The first-order valence-corrected chi connectivity index (χ1v) is 14.9. The van der Waals surface area contributed by atoms with Crippen LogP contribution in [-0.2, 0) is 16.1 Å². The zero-order valence-electron chi connectivity index (χ0n) is 22.9. The Bertz CT molecular complexity index is 1780. The van der Waals surface area contributed by atoms with Crippen LogP contribution in [0.15, 0.2) is 98.3 Å². The minimum atomic E-state index is -0.677. The Morgan fingerprint density at radius 3 is 2.46 bits per heavy atom. The van der Waals surface area contributed by atoms with E-state index in [1.165, 1.54) is 11.3 Å². The van der Waals surface area contributed by atoms with E-state index < -0.39 is 12.0 Å². The molecule has 1 atom stereocenters. The molecule has 0 saturated carbocycles. The van der Waals surface area contributed by atoms with Crippen molar-refractivity contribution in [3.8, 4) is 11.5 Å². The zero-order chi connectivity index (χ0) is 28.9. The summed E-state index contributed by atoms with van der Waals surface area (Å²) in [5.41, 5.74) is 3.30. The first-order valence-electron chi connectivity index (χ1n) is 13.3. The smallest absolute Gasteiger partial charge is 0.338 e. The summed E-state index contributed by atoms with van der Waals surface area (Å²) in [6.45, 7) is 6.65. The van der Waals surface area contributed by atoms with Crippen LogP contribution in [0, 0.1) is 0 Å². The van der Waals surface area contributed by atoms with Gasteiger partial charge in [-0.3, -0.25) is 9.36 Å². The molecule has 0 fully saturated rings. The van der Waals surface area contributed by atoms with Gasteiger partial charge < -0.3 is 14.2 Å². The highest BCUT2D eigenvalue weighted by Gasteiger charge is 2.33. The maximum absolute atomic E-state index is 13.9. The Balaban J connectivity index is 1.53. The van der Waals surface area contributed by atoms with Crippen molar-refractivity contribution in [3.63, 3.8) is 0 Å². The fourth-order valence-corrected chi connectivity index (χ4v) is 6.19. The van der Waals surface area contributed by atoms with E-state index in [0.29, 0.717) is 45.3 Å². The summed E-state index contributed by atoms with van der Waals surface area (Å²) in [5.74, 6) is 0.929. The highest BCUT2D eigenvalue weighted by molar-refractivity contribution is 9.10. The Labute approximate surface area is 250 Å². The number of carbonyl (C=O) groups is 1. The average Bonchev–Trinajstić information content (AvgIpc) is 3.27. The van der Waals surface area contributed by atoms with Crippen molar-refractivity contribution < 1.29 is 19.0 Å². The summed E-state index contributed by atoms with van der Waals surface area (Å²) in [6, 6.07) is 22.4. The summed E-state index contributed by atoms with van der Waals surface area (Å²) in [7, 11) is 0. The lowest BCUT2D eigenvalue weighted by atomic mass is 9.96. The number of benzene rings is 3. The standard InChI is InChI=1S/C32H29BrN2O5S/c1-4-38-24-14-12-23(13-15-24)29-28(31(37)39-5-2)20(3)34-32-35(29)30(36)27(41-32)18-22-11-16-26(25(33)17-22)40-19-21-9-7-6-8-10-21/h6-18,29H,4-5,19H2,1-3H3/b27-18-/t29-/m0/s1. The van der Waals surface area contributed by atoms with Crippen molar-refractivity contribution in [2.45, 2.75) is 33.4 Å². The first kappa shape index (κ1) is 28.6. The van der Waals surface area contributed by atoms with E-state index in [2.05, 4.69) is 20.9 Å². The number of allylic oxidation sites excluding steroid dienone is 1. The molecule has 41 heavy (non-hydrogen) atoms. The van der Waals surface area contributed by atoms with Gasteiger partial charge in [0.2, 0.25) is 0 Å². The van der Waals surface area contributed by atoms with E-state index in [-0.39, 0.29) is 12.2 Å². The van der Waals surface area contributed by atoms with Gasteiger partial charge in [0.05, 0.1) is 39.5 Å². The lowest BCUT2D eigenvalue weighted by molar-refractivity contribution is -0.139. The number of rotatable bonds is 9. The Morgan fingerprint density at radius 2 is 1.78 bits per heavy atom. The van der Waals surface area contributed by atoms with Gasteiger partial charge in [-0.1, -0.05) is 59.9 Å². The van der Waals surface area contributed by atoms with Crippen molar-refractivity contribution >= 4 is 39.3 Å². The molecule has 0 amide bonds. The molecule has 0 spiro atoms. The number of hydrogen-bond donors (Lipinski definition) is 0. The first-order chi connectivity index (χ1) is 19.9. The molecular weight excluding hydrogens is 604 g/mol. The summed E-state index contributed by atoms with van der Waals surface area (Å²) in [6.07, 6.45) is 1.83. The van der Waals surface area contributed by atoms with Crippen molar-refractivity contribution in [2.75, 3.05) is 13.2 Å². The van der Waals surface area contributed by atoms with Crippen molar-refractivity contribution in [1.29, 1.82) is 0 Å². The van der Waals surface area contributed by atoms with Gasteiger partial charge in [-0.15, -0.1) is 0 Å². The third-order valence-electron chi connectivity index (χ3n) is 6.51. The highest BCUT2D eigenvalue weighted by Crippen LogP contribution is 2.32. The maximum atomic E-state index is 13.9. The third-order valence-corrected chi connectivity index (χ3v) is 8.12. The molecule has 0 aliphatic carbocycles. The molecule has 1 aliphatic heterocycles. The fourth-order valence-electron chi connectivity index (χ4n) is 4.63. The molecule has 2 heterocycles. The Hall–Kier alpha value is -3.95. The van der Waals surface area contributed by atoms with Crippen LogP contribution in [-0.4, -0.2) is 23.8 Å². The van der Waals surface area contributed by atoms with E-state index in [0.717, 1.165) is 21.2 Å². The molecule has 3 aromatic carbocycles. The third kappa shape index (κ3) is 6.21. The van der Waals surface area contributed by atoms with Crippen LogP contribution < -0.4 is 24.4 Å². The minimum absolute atomic E-state index is 0.218. The van der Waals surface area contributed by atoms with Crippen LogP contribution in [0.2, 0.25) is 0 Å². The highest BCUT2D eigenvalue weighted by atomic mass is 79.9. The molecular formula is C32H29BrN2O5S. The topological polar surface area (TPSA) is 79.1 Å². The molecule has 7 nitrogen and oxygen atoms in total. The molecule has 0 bridgehead atoms. The number of hydrogen-bond acceptors (Lipinski definition) is 7. The van der Waals surface area contributed by atoms with Crippen molar-refractivity contribution in [1.82, 2.24) is 4.57 Å². The second-order valence-corrected chi connectivity index (χ2v) is 11.1. The predicted molar refractivity (Wildman–Crippen MR) is 163 cm³/mol. The van der Waals surface area contributed by atoms with Crippen LogP contribution in [0.5, 0.6) is 11.5 Å². The number of thiazole rings is 1. The zero-order valence-corrected chi connectivity index (χ0v) is 25.3. The number of nitrogens with zero attached hydrogens (tertiary/aromatic N) is 2. The van der Waals surface area contributed by atoms with Gasteiger partial charge in [0.15, 0.2) is 4.80 Å². The monoisotopic (exact) mass is 632 g/mol. The normalized spacial score (nSPS) is 14.8. The van der Waals surface area contributed by atoms with E-state index >= 15 is 0 Å². The van der Waals surface area contributed by atoms with Gasteiger partial charge in [-0.25, -0.2) is 9.79 Å². The van der Waals surface area contributed by atoms with Crippen LogP contribution in [0.4, 0.5) is 0 Å². The van der Waals surface area contributed by atoms with Gasteiger partial charge >= 0.3 is 5.97 Å². The largest absolute Gasteiger partial charge is 0.494 e. The Kier molecular flexibility index (Phi) is 8.85. The van der Waals surface area contributed by atoms with Crippen LogP contribution in [0.3, 0.4) is 0 Å². The van der Waals surface area contributed by atoms with Crippen molar-refractivity contribution in [2.24, 2.45) is 4.99 Å². The van der Waals surface area contributed by atoms with Gasteiger partial charge in [0, 0.05) is 0 Å². The number of esters is 1. The van der Waals surface area contributed by atoms with Crippen molar-refractivity contribution in [3.05, 3.63) is 125 Å². The lowest BCUT2D eigenvalue weighted by Gasteiger charge is -2.24. The molecule has 1 aliphatic rings. The van der Waals surface area contributed by atoms with Gasteiger partial charge in [-0.05, 0) is 83.7 Å². The van der Waals surface area contributed by atoms with Gasteiger partial charge in [-0.2, -0.15) is 0 Å². The predicted octanol–water partition coefficient (Wildman–Crippen LogP) is 5.54. The molecule has 4 aromatic rings. The molecule has 0 radical (unpaired) electrons. The minimum Gasteiger partial charge on any atom is -0.494 e.